The predicted molar refractivity (Wildman–Crippen MR) is 100 cm³/mol. The fourth-order valence-corrected chi connectivity index (χ4v) is 2.57. The minimum absolute atomic E-state index is 0.0505. The summed E-state index contributed by atoms with van der Waals surface area (Å²) in [6, 6.07) is 9.62. The van der Waals surface area contributed by atoms with Crippen LogP contribution < -0.4 is 10.9 Å². The lowest BCUT2D eigenvalue weighted by Crippen LogP contribution is -2.36. The van der Waals surface area contributed by atoms with Crippen molar-refractivity contribution in [2.24, 2.45) is 5.92 Å². The largest absolute Gasteiger partial charge is 0.353 e. The molecule has 2 aromatic heterocycles. The Morgan fingerprint density at radius 2 is 1.96 bits per heavy atom. The fraction of sp³-hybridized carbons (Fsp3) is 0.368. The van der Waals surface area contributed by atoms with Crippen LogP contribution in [0.4, 0.5) is 0 Å². The first-order valence-corrected chi connectivity index (χ1v) is 8.77. The van der Waals surface area contributed by atoms with Gasteiger partial charge in [0.2, 0.25) is 5.91 Å². The molecule has 1 amide bonds. The molecule has 3 rings (SSSR count). The topological polar surface area (TPSA) is 92.7 Å². The van der Waals surface area contributed by atoms with Gasteiger partial charge in [0.05, 0.1) is 11.9 Å². The molecule has 0 fully saturated rings. The van der Waals surface area contributed by atoms with E-state index in [1.54, 1.807) is 4.68 Å². The average Bonchev–Trinajstić information content (AvgIpc) is 3.05. The molecular formula is C19H23N5O2. The zero-order valence-electron chi connectivity index (χ0n) is 15.2. The van der Waals surface area contributed by atoms with Crippen molar-refractivity contribution < 1.29 is 4.79 Å². The van der Waals surface area contributed by atoms with E-state index >= 15 is 0 Å². The van der Waals surface area contributed by atoms with Gasteiger partial charge in [0, 0.05) is 18.9 Å². The van der Waals surface area contributed by atoms with E-state index in [1.165, 1.54) is 6.20 Å². The maximum absolute atomic E-state index is 12.3. The van der Waals surface area contributed by atoms with Crippen LogP contribution in [0, 0.1) is 5.92 Å². The third-order valence-corrected chi connectivity index (χ3v) is 4.47. The van der Waals surface area contributed by atoms with E-state index in [-0.39, 0.29) is 23.9 Å². The molecule has 136 valence electrons. The zero-order valence-corrected chi connectivity index (χ0v) is 15.2. The monoisotopic (exact) mass is 353 g/mol. The molecule has 26 heavy (non-hydrogen) atoms. The number of benzene rings is 1. The molecule has 0 saturated heterocycles. The van der Waals surface area contributed by atoms with E-state index in [1.807, 2.05) is 37.3 Å². The van der Waals surface area contributed by atoms with Gasteiger partial charge in [-0.25, -0.2) is 9.67 Å². The highest BCUT2D eigenvalue weighted by Gasteiger charge is 2.14. The van der Waals surface area contributed by atoms with Crippen LogP contribution in [-0.2, 0) is 11.2 Å². The van der Waals surface area contributed by atoms with Gasteiger partial charge in [0.15, 0.2) is 5.65 Å². The van der Waals surface area contributed by atoms with Gasteiger partial charge in [0.1, 0.15) is 11.2 Å². The lowest BCUT2D eigenvalue weighted by atomic mass is 10.1. The van der Waals surface area contributed by atoms with E-state index < -0.39 is 0 Å². The quantitative estimate of drug-likeness (QED) is 0.710. The molecule has 0 aliphatic carbocycles. The number of aromatic amines is 1. The maximum Gasteiger partial charge on any atom is 0.262 e. The van der Waals surface area contributed by atoms with Crippen LogP contribution >= 0.6 is 0 Å². The first-order valence-electron chi connectivity index (χ1n) is 8.77. The summed E-state index contributed by atoms with van der Waals surface area (Å²) >= 11 is 0. The van der Waals surface area contributed by atoms with Crippen molar-refractivity contribution in [1.29, 1.82) is 0 Å². The number of hydrogen-bond acceptors (Lipinski definition) is 4. The molecule has 0 radical (unpaired) electrons. The molecule has 0 unspecified atom stereocenters. The molecule has 2 heterocycles. The van der Waals surface area contributed by atoms with Gasteiger partial charge in [0.25, 0.3) is 5.56 Å². The Labute approximate surface area is 151 Å². The molecule has 1 atom stereocenters. The molecule has 7 heteroatoms. The number of nitrogens with one attached hydrogen (secondary N) is 2. The number of para-hydroxylation sites is 1. The zero-order chi connectivity index (χ0) is 18.7. The smallest absolute Gasteiger partial charge is 0.262 e. The summed E-state index contributed by atoms with van der Waals surface area (Å²) in [6.07, 6.45) is 2.14. The van der Waals surface area contributed by atoms with E-state index in [0.29, 0.717) is 29.2 Å². The summed E-state index contributed by atoms with van der Waals surface area (Å²) in [5.41, 5.74) is 1.07. The first kappa shape index (κ1) is 17.8. The third-order valence-electron chi connectivity index (χ3n) is 4.47. The molecule has 1 aromatic carbocycles. The number of rotatable bonds is 6. The van der Waals surface area contributed by atoms with Crippen molar-refractivity contribution in [3.05, 3.63) is 52.7 Å². The van der Waals surface area contributed by atoms with Crippen molar-refractivity contribution in [3.8, 4) is 5.69 Å². The van der Waals surface area contributed by atoms with Crippen molar-refractivity contribution in [1.82, 2.24) is 25.1 Å². The Morgan fingerprint density at radius 3 is 2.65 bits per heavy atom. The van der Waals surface area contributed by atoms with E-state index in [2.05, 4.69) is 34.2 Å². The number of aryl methyl sites for hydroxylation is 1. The lowest BCUT2D eigenvalue weighted by molar-refractivity contribution is -0.121. The van der Waals surface area contributed by atoms with Crippen molar-refractivity contribution >= 4 is 16.9 Å². The van der Waals surface area contributed by atoms with Gasteiger partial charge in [-0.3, -0.25) is 9.59 Å². The summed E-state index contributed by atoms with van der Waals surface area (Å²) in [4.78, 5) is 31.6. The minimum atomic E-state index is -0.247. The van der Waals surface area contributed by atoms with E-state index in [0.717, 1.165) is 5.69 Å². The summed E-state index contributed by atoms with van der Waals surface area (Å²) in [7, 11) is 0. The number of aromatic nitrogens is 4. The molecule has 0 aliphatic rings. The highest BCUT2D eigenvalue weighted by molar-refractivity contribution is 5.77. The molecule has 2 N–H and O–H groups in total. The normalized spacial score (nSPS) is 12.5. The van der Waals surface area contributed by atoms with Gasteiger partial charge in [-0.1, -0.05) is 32.0 Å². The van der Waals surface area contributed by atoms with Crippen molar-refractivity contribution in [2.75, 3.05) is 0 Å². The van der Waals surface area contributed by atoms with Crippen LogP contribution in [0.15, 0.2) is 41.3 Å². The number of fused-ring (bicyclic) bond motifs is 1. The SMILES string of the molecule is CC(C)[C@H](C)NC(=O)CCc1nc2c(cnn2-c2ccccc2)c(=O)[nH]1. The van der Waals surface area contributed by atoms with Crippen LogP contribution in [0.1, 0.15) is 33.0 Å². The van der Waals surface area contributed by atoms with Crippen LogP contribution in [0.3, 0.4) is 0 Å². The number of H-pyrrole nitrogens is 1. The van der Waals surface area contributed by atoms with Crippen molar-refractivity contribution in [3.63, 3.8) is 0 Å². The average molecular weight is 353 g/mol. The first-order chi connectivity index (χ1) is 12.5. The molecular weight excluding hydrogens is 330 g/mol. The van der Waals surface area contributed by atoms with Gasteiger partial charge < -0.3 is 10.3 Å². The molecule has 0 aliphatic heterocycles. The van der Waals surface area contributed by atoms with Crippen LogP contribution in [0.5, 0.6) is 0 Å². The molecule has 0 spiro atoms. The Balaban J connectivity index is 1.82. The van der Waals surface area contributed by atoms with Crippen LogP contribution in [0.2, 0.25) is 0 Å². The second kappa shape index (κ2) is 7.51. The summed E-state index contributed by atoms with van der Waals surface area (Å²) in [5.74, 6) is 0.798. The number of carbonyl (C=O) groups excluding carboxylic acids is 1. The van der Waals surface area contributed by atoms with E-state index in [4.69, 9.17) is 0 Å². The summed E-state index contributed by atoms with van der Waals surface area (Å²) in [6.45, 7) is 6.10. The Bertz CT molecular complexity index is 959. The number of amides is 1. The molecule has 0 saturated carbocycles. The number of hydrogen-bond donors (Lipinski definition) is 2. The maximum atomic E-state index is 12.3. The Hall–Kier alpha value is -2.96. The molecule has 7 nitrogen and oxygen atoms in total. The summed E-state index contributed by atoms with van der Waals surface area (Å²) in [5, 5.41) is 7.66. The standard InChI is InChI=1S/C19H23N5O2/c1-12(2)13(3)21-17(25)10-9-16-22-18-15(19(26)23-16)11-20-24(18)14-7-5-4-6-8-14/h4-8,11-13H,9-10H2,1-3H3,(H,21,25)(H,22,23,26)/t13-/m0/s1. The van der Waals surface area contributed by atoms with Crippen molar-refractivity contribution in [2.45, 2.75) is 39.7 Å². The molecule has 0 bridgehead atoms. The number of nitrogens with zero attached hydrogens (tertiary/aromatic N) is 3. The van der Waals surface area contributed by atoms with Crippen LogP contribution in [0.25, 0.3) is 16.7 Å². The Kier molecular flexibility index (Phi) is 5.16. The minimum Gasteiger partial charge on any atom is -0.353 e. The van der Waals surface area contributed by atoms with Crippen LogP contribution in [-0.4, -0.2) is 31.7 Å². The molecule has 3 aromatic rings. The highest BCUT2D eigenvalue weighted by Crippen LogP contribution is 2.13. The van der Waals surface area contributed by atoms with Gasteiger partial charge in [-0.2, -0.15) is 5.10 Å². The number of carbonyl (C=O) groups is 1. The highest BCUT2D eigenvalue weighted by atomic mass is 16.1. The fourth-order valence-electron chi connectivity index (χ4n) is 2.57. The second-order valence-corrected chi connectivity index (χ2v) is 6.74. The predicted octanol–water partition coefficient (Wildman–Crippen LogP) is 2.20. The second-order valence-electron chi connectivity index (χ2n) is 6.74. The van der Waals surface area contributed by atoms with E-state index in [9.17, 15) is 9.59 Å². The lowest BCUT2D eigenvalue weighted by Gasteiger charge is -2.17. The van der Waals surface area contributed by atoms with Gasteiger partial charge in [-0.05, 0) is 25.0 Å². The Morgan fingerprint density at radius 1 is 1.23 bits per heavy atom. The van der Waals surface area contributed by atoms with Gasteiger partial charge in [-0.15, -0.1) is 0 Å². The summed E-state index contributed by atoms with van der Waals surface area (Å²) < 4.78 is 1.63. The van der Waals surface area contributed by atoms with Gasteiger partial charge >= 0.3 is 0 Å². The third kappa shape index (κ3) is 3.82.